The molecule has 1 rings (SSSR count). The number of ether oxygens (including phenoxy) is 4. The van der Waals surface area contributed by atoms with Gasteiger partial charge in [-0.2, -0.15) is 0 Å². The molecule has 0 aliphatic rings. The van der Waals surface area contributed by atoms with E-state index in [1.807, 2.05) is 0 Å². The molecule has 0 N–H and O–H groups in total. The maximum atomic E-state index is 5.17. The molecule has 0 saturated heterocycles. The quantitative estimate of drug-likeness (QED) is 0.559. The van der Waals surface area contributed by atoms with Gasteiger partial charge in [-0.3, -0.25) is 0 Å². The van der Waals surface area contributed by atoms with Gasteiger partial charge in [0, 0.05) is 0 Å². The Kier molecular flexibility index (Phi) is 6.80. The van der Waals surface area contributed by atoms with Gasteiger partial charge in [-0.25, -0.2) is 0 Å². The molecule has 4 nitrogen and oxygen atoms in total. The second-order valence-corrected chi connectivity index (χ2v) is 2.54. The van der Waals surface area contributed by atoms with Crippen LogP contribution >= 0.6 is 0 Å². The van der Waals surface area contributed by atoms with Crippen molar-refractivity contribution in [3.05, 3.63) is 5.96 Å². The van der Waals surface area contributed by atoms with Crippen LogP contribution in [0.25, 0.3) is 0 Å². The molecule has 0 amide bonds. The van der Waals surface area contributed by atoms with Gasteiger partial charge in [0.2, 0.25) is 0 Å². The standard InChI is InChI=1S/C9H13BO4.Na.H/c1-11-6-5-10-9(14-4)8(13-3)7(6)12-2;;/h5H,1-4H3;;/q;+1;-1. The van der Waals surface area contributed by atoms with Crippen LogP contribution in [0.15, 0.2) is 5.96 Å². The first kappa shape index (κ1) is 14.6. The van der Waals surface area contributed by atoms with Crippen molar-refractivity contribution in [2.24, 2.45) is 0 Å². The molecule has 1 heterocycles. The van der Waals surface area contributed by atoms with Crippen LogP contribution in [0.4, 0.5) is 0 Å². The van der Waals surface area contributed by atoms with E-state index in [0.717, 1.165) is 0 Å². The van der Waals surface area contributed by atoms with Crippen LogP contribution in [0, 0.1) is 0 Å². The number of hydrogen-bond acceptors (Lipinski definition) is 4. The largest absolute Gasteiger partial charge is 1.00 e. The zero-order valence-corrected chi connectivity index (χ0v) is 11.8. The second kappa shape index (κ2) is 6.98. The summed E-state index contributed by atoms with van der Waals surface area (Å²) in [5.41, 5.74) is 0.616. The van der Waals surface area contributed by atoms with Gasteiger partial charge < -0.3 is 1.43 Å². The van der Waals surface area contributed by atoms with E-state index in [2.05, 4.69) is 0 Å². The fraction of sp³-hybridized carbons (Fsp3) is 0.444. The van der Waals surface area contributed by atoms with Crippen molar-refractivity contribution in [2.75, 3.05) is 28.4 Å². The Hall–Kier alpha value is -0.385. The molecule has 0 atom stereocenters. The Morgan fingerprint density at radius 2 is 1.53 bits per heavy atom. The van der Waals surface area contributed by atoms with Crippen LogP contribution in [-0.2, 0) is 0 Å². The van der Waals surface area contributed by atoms with Crippen LogP contribution in [0.5, 0.6) is 22.9 Å². The smallest absolute Gasteiger partial charge is 1.00 e. The van der Waals surface area contributed by atoms with Gasteiger partial charge in [-0.15, -0.1) is 0 Å². The van der Waals surface area contributed by atoms with Gasteiger partial charge in [0.05, 0.1) is 0 Å². The van der Waals surface area contributed by atoms with Gasteiger partial charge in [0.1, 0.15) is 0 Å². The Morgan fingerprint density at radius 1 is 0.933 bits per heavy atom. The van der Waals surface area contributed by atoms with E-state index < -0.39 is 0 Å². The first-order chi connectivity index (χ1) is 6.78. The second-order valence-electron chi connectivity index (χ2n) is 2.54. The van der Waals surface area contributed by atoms with Crippen LogP contribution < -0.4 is 48.5 Å². The van der Waals surface area contributed by atoms with Crippen LogP contribution in [0.3, 0.4) is 0 Å². The SMILES string of the molecule is COc1bcc(OC)c(OC)c1OC.[H-].[Na+]. The molecule has 15 heavy (non-hydrogen) atoms. The van der Waals surface area contributed by atoms with Gasteiger partial charge in [0.25, 0.3) is 0 Å². The monoisotopic (exact) mass is 220 g/mol. The molecule has 0 saturated carbocycles. The van der Waals surface area contributed by atoms with Crippen molar-refractivity contribution in [1.29, 1.82) is 0 Å². The minimum Gasteiger partial charge on any atom is -1.00 e. The molecule has 0 bridgehead atoms. The minimum absolute atomic E-state index is 0. The van der Waals surface area contributed by atoms with E-state index in [0.29, 0.717) is 22.9 Å². The molecule has 1 aromatic heterocycles. The average Bonchev–Trinajstić information content (AvgIpc) is 2.26. The van der Waals surface area contributed by atoms with Crippen molar-refractivity contribution in [2.45, 2.75) is 0 Å². The minimum atomic E-state index is 0. The van der Waals surface area contributed by atoms with Gasteiger partial charge in [-0.05, 0) is 0 Å². The fourth-order valence-electron chi connectivity index (χ4n) is 1.23. The topological polar surface area (TPSA) is 36.9 Å². The maximum absolute atomic E-state index is 5.17. The molecule has 1 aromatic rings. The molecule has 6 heteroatoms. The fourth-order valence-corrected chi connectivity index (χ4v) is 1.23. The summed E-state index contributed by atoms with van der Waals surface area (Å²) in [5.74, 6) is 3.45. The Labute approximate surface area is 114 Å². The zero-order valence-electron chi connectivity index (χ0n) is 10.8. The Balaban J connectivity index is 0. The van der Waals surface area contributed by atoms with Crippen molar-refractivity contribution in [3.8, 4) is 22.9 Å². The van der Waals surface area contributed by atoms with Gasteiger partial charge >= 0.3 is 113 Å². The molecule has 78 valence electrons. The summed E-state index contributed by atoms with van der Waals surface area (Å²) in [6.45, 7) is 1.76. The third-order valence-electron chi connectivity index (χ3n) is 1.89. The predicted molar refractivity (Wildman–Crippen MR) is 55.1 cm³/mol. The molecular weight excluding hydrogens is 206 g/mol. The summed E-state index contributed by atoms with van der Waals surface area (Å²) in [4.78, 5) is 0. The molecule has 0 fully saturated rings. The molecular formula is C9H14BNaO4. The van der Waals surface area contributed by atoms with Crippen molar-refractivity contribution < 1.29 is 49.9 Å². The summed E-state index contributed by atoms with van der Waals surface area (Å²) in [5, 5.41) is 0. The van der Waals surface area contributed by atoms with Crippen molar-refractivity contribution in [3.63, 3.8) is 0 Å². The van der Waals surface area contributed by atoms with E-state index >= 15 is 0 Å². The Morgan fingerprint density at radius 3 is 1.93 bits per heavy atom. The van der Waals surface area contributed by atoms with E-state index in [1.165, 1.54) is 0 Å². The van der Waals surface area contributed by atoms with Crippen LogP contribution in [0.1, 0.15) is 1.43 Å². The first-order valence-electron chi connectivity index (χ1n) is 4.11. The van der Waals surface area contributed by atoms with E-state index in [9.17, 15) is 0 Å². The van der Waals surface area contributed by atoms with E-state index in [-0.39, 0.29) is 31.0 Å². The number of hydrogen-bond donors (Lipinski definition) is 0. The average molecular weight is 220 g/mol. The third kappa shape index (κ3) is 3.03. The van der Waals surface area contributed by atoms with E-state index in [4.69, 9.17) is 18.9 Å². The molecule has 0 spiro atoms. The summed E-state index contributed by atoms with van der Waals surface area (Å²) >= 11 is 0. The summed E-state index contributed by atoms with van der Waals surface area (Å²) < 4.78 is 20.6. The Bertz CT molecular complexity index is 294. The van der Waals surface area contributed by atoms with Crippen LogP contribution in [0.2, 0.25) is 0 Å². The van der Waals surface area contributed by atoms with E-state index in [1.54, 1.807) is 41.3 Å². The van der Waals surface area contributed by atoms with Crippen LogP contribution in [-0.4, -0.2) is 35.3 Å². The predicted octanol–water partition coefficient (Wildman–Crippen LogP) is -1.82. The van der Waals surface area contributed by atoms with Gasteiger partial charge in [0.15, 0.2) is 0 Å². The zero-order chi connectivity index (χ0) is 10.6. The maximum Gasteiger partial charge on any atom is 1.00 e. The molecule has 0 aromatic carbocycles. The van der Waals surface area contributed by atoms with Crippen molar-refractivity contribution >= 4 is 6.91 Å². The number of methoxy groups -OCH3 is 4. The summed E-state index contributed by atoms with van der Waals surface area (Å²) in [6, 6.07) is 0. The third-order valence-corrected chi connectivity index (χ3v) is 1.89. The summed E-state index contributed by atoms with van der Waals surface area (Å²) in [7, 11) is 6.26. The first-order valence-corrected chi connectivity index (χ1v) is 4.11. The van der Waals surface area contributed by atoms with Gasteiger partial charge in [-0.1, -0.05) is 0 Å². The summed E-state index contributed by atoms with van der Waals surface area (Å²) in [6.07, 6.45) is 0. The molecule has 0 aliphatic heterocycles. The normalized spacial score (nSPS) is 8.53. The molecule has 0 unspecified atom stereocenters. The number of rotatable bonds is 4. The molecule has 0 radical (unpaired) electrons. The van der Waals surface area contributed by atoms with Crippen molar-refractivity contribution in [1.82, 2.24) is 0 Å². The molecule has 0 aliphatic carbocycles.